The van der Waals surface area contributed by atoms with Crippen molar-refractivity contribution in [2.45, 2.75) is 27.4 Å². The van der Waals surface area contributed by atoms with Gasteiger partial charge in [0.1, 0.15) is 6.61 Å². The summed E-state index contributed by atoms with van der Waals surface area (Å²) < 4.78 is 6.79. The SMILES string of the molecule is Cc1csc2nc(COC(=O)c3cccc(NC(=O)C(C)C)c3)cc(=O)n12. The number of amides is 1. The summed E-state index contributed by atoms with van der Waals surface area (Å²) >= 11 is 1.35. The molecule has 0 aliphatic carbocycles. The summed E-state index contributed by atoms with van der Waals surface area (Å²) in [5.41, 5.74) is 1.83. The van der Waals surface area contributed by atoms with E-state index >= 15 is 0 Å². The first-order chi connectivity index (χ1) is 12.8. The van der Waals surface area contributed by atoms with Crippen molar-refractivity contribution >= 4 is 33.9 Å². The molecule has 0 fully saturated rings. The Hall–Kier alpha value is -3.00. The summed E-state index contributed by atoms with van der Waals surface area (Å²) in [6.07, 6.45) is 0. The van der Waals surface area contributed by atoms with Crippen LogP contribution in [0.2, 0.25) is 0 Å². The largest absolute Gasteiger partial charge is 0.456 e. The van der Waals surface area contributed by atoms with E-state index in [1.54, 1.807) is 38.1 Å². The van der Waals surface area contributed by atoms with Gasteiger partial charge >= 0.3 is 5.97 Å². The van der Waals surface area contributed by atoms with Crippen molar-refractivity contribution in [3.05, 3.63) is 63.0 Å². The molecule has 2 heterocycles. The molecule has 0 atom stereocenters. The lowest BCUT2D eigenvalue weighted by Gasteiger charge is -2.09. The third-order valence-electron chi connectivity index (χ3n) is 3.87. The maximum atomic E-state index is 12.3. The molecule has 1 N–H and O–H groups in total. The molecule has 0 radical (unpaired) electrons. The second-order valence-electron chi connectivity index (χ2n) is 6.38. The van der Waals surface area contributed by atoms with Gasteiger partial charge in [-0.1, -0.05) is 19.9 Å². The van der Waals surface area contributed by atoms with Crippen molar-refractivity contribution in [1.29, 1.82) is 0 Å². The first kappa shape index (κ1) is 18.8. The number of hydrogen-bond acceptors (Lipinski definition) is 6. The number of rotatable bonds is 5. The molecule has 1 amide bonds. The highest BCUT2D eigenvalue weighted by Crippen LogP contribution is 2.15. The highest BCUT2D eigenvalue weighted by Gasteiger charge is 2.13. The molecule has 8 heteroatoms. The molecule has 0 aliphatic heterocycles. The van der Waals surface area contributed by atoms with Gasteiger partial charge in [0, 0.05) is 28.7 Å². The molecular formula is C19H19N3O4S. The van der Waals surface area contributed by atoms with E-state index in [4.69, 9.17) is 4.74 Å². The Morgan fingerprint density at radius 1 is 1.30 bits per heavy atom. The van der Waals surface area contributed by atoms with E-state index in [0.717, 1.165) is 5.69 Å². The first-order valence-corrected chi connectivity index (χ1v) is 9.28. The first-order valence-electron chi connectivity index (χ1n) is 8.40. The number of fused-ring (bicyclic) bond motifs is 1. The molecule has 1 aromatic carbocycles. The fraction of sp³-hybridized carbons (Fsp3) is 0.263. The predicted molar refractivity (Wildman–Crippen MR) is 103 cm³/mol. The minimum Gasteiger partial charge on any atom is -0.456 e. The maximum absolute atomic E-state index is 12.3. The Labute approximate surface area is 159 Å². The highest BCUT2D eigenvalue weighted by molar-refractivity contribution is 7.15. The maximum Gasteiger partial charge on any atom is 0.338 e. The molecule has 0 spiro atoms. The van der Waals surface area contributed by atoms with Gasteiger partial charge in [0.05, 0.1) is 11.3 Å². The molecule has 7 nitrogen and oxygen atoms in total. The van der Waals surface area contributed by atoms with E-state index in [9.17, 15) is 14.4 Å². The Balaban J connectivity index is 1.71. The van der Waals surface area contributed by atoms with Crippen LogP contribution >= 0.6 is 11.3 Å². The number of hydrogen-bond donors (Lipinski definition) is 1. The molecular weight excluding hydrogens is 366 g/mol. The number of benzene rings is 1. The number of anilines is 1. The van der Waals surface area contributed by atoms with Crippen molar-refractivity contribution in [2.24, 2.45) is 5.92 Å². The smallest absolute Gasteiger partial charge is 0.338 e. The van der Waals surface area contributed by atoms with Gasteiger partial charge < -0.3 is 10.1 Å². The van der Waals surface area contributed by atoms with Crippen LogP contribution in [0.3, 0.4) is 0 Å². The van der Waals surface area contributed by atoms with E-state index in [0.29, 0.717) is 21.9 Å². The van der Waals surface area contributed by atoms with Gasteiger partial charge in [0.25, 0.3) is 5.56 Å². The number of ether oxygens (including phenoxy) is 1. The number of aromatic nitrogens is 2. The average Bonchev–Trinajstić information content (AvgIpc) is 3.01. The van der Waals surface area contributed by atoms with E-state index in [1.165, 1.54) is 21.8 Å². The molecule has 3 rings (SSSR count). The lowest BCUT2D eigenvalue weighted by atomic mass is 10.1. The third kappa shape index (κ3) is 4.22. The predicted octanol–water partition coefficient (Wildman–Crippen LogP) is 3.02. The van der Waals surface area contributed by atoms with E-state index < -0.39 is 5.97 Å². The summed E-state index contributed by atoms with van der Waals surface area (Å²) in [6, 6.07) is 7.88. The monoisotopic (exact) mass is 385 g/mol. The van der Waals surface area contributed by atoms with Crippen LogP contribution in [0.25, 0.3) is 4.96 Å². The summed E-state index contributed by atoms with van der Waals surface area (Å²) in [5, 5.41) is 4.58. The lowest BCUT2D eigenvalue weighted by Crippen LogP contribution is -2.18. The molecule has 27 heavy (non-hydrogen) atoms. The zero-order valence-corrected chi connectivity index (χ0v) is 16.0. The van der Waals surface area contributed by atoms with Crippen LogP contribution in [-0.2, 0) is 16.1 Å². The molecule has 3 aromatic rings. The lowest BCUT2D eigenvalue weighted by molar-refractivity contribution is -0.118. The van der Waals surface area contributed by atoms with Crippen LogP contribution in [0, 0.1) is 12.8 Å². The zero-order valence-electron chi connectivity index (χ0n) is 15.2. The van der Waals surface area contributed by atoms with Gasteiger partial charge in [-0.05, 0) is 25.1 Å². The molecule has 0 saturated carbocycles. The Morgan fingerprint density at radius 2 is 2.07 bits per heavy atom. The van der Waals surface area contributed by atoms with Gasteiger partial charge in [-0.2, -0.15) is 0 Å². The second-order valence-corrected chi connectivity index (χ2v) is 7.22. The van der Waals surface area contributed by atoms with E-state index in [2.05, 4.69) is 10.3 Å². The second kappa shape index (κ2) is 7.71. The highest BCUT2D eigenvalue weighted by atomic mass is 32.1. The van der Waals surface area contributed by atoms with Crippen LogP contribution in [-0.4, -0.2) is 21.3 Å². The van der Waals surface area contributed by atoms with E-state index in [1.807, 2.05) is 12.3 Å². The summed E-state index contributed by atoms with van der Waals surface area (Å²) in [6.45, 7) is 5.30. The van der Waals surface area contributed by atoms with Crippen molar-refractivity contribution < 1.29 is 14.3 Å². The Kier molecular flexibility index (Phi) is 5.36. The van der Waals surface area contributed by atoms with Gasteiger partial charge in [-0.25, -0.2) is 9.78 Å². The van der Waals surface area contributed by atoms with Crippen LogP contribution in [0.15, 0.2) is 40.5 Å². The number of nitrogens with zero attached hydrogens (tertiary/aromatic N) is 2. The fourth-order valence-electron chi connectivity index (χ4n) is 2.41. The van der Waals surface area contributed by atoms with Crippen LogP contribution in [0.1, 0.15) is 35.6 Å². The van der Waals surface area contributed by atoms with Gasteiger partial charge in [-0.3, -0.25) is 14.0 Å². The van der Waals surface area contributed by atoms with Gasteiger partial charge in [0.2, 0.25) is 5.91 Å². The minimum atomic E-state index is -0.556. The van der Waals surface area contributed by atoms with Crippen molar-refractivity contribution in [2.75, 3.05) is 5.32 Å². The quantitative estimate of drug-likeness (QED) is 0.682. The van der Waals surface area contributed by atoms with Crippen molar-refractivity contribution in [1.82, 2.24) is 9.38 Å². The topological polar surface area (TPSA) is 89.8 Å². The van der Waals surface area contributed by atoms with Crippen LogP contribution in [0.5, 0.6) is 0 Å². The van der Waals surface area contributed by atoms with Crippen LogP contribution < -0.4 is 10.9 Å². The molecule has 0 aliphatic rings. The van der Waals surface area contributed by atoms with Crippen molar-refractivity contribution in [3.63, 3.8) is 0 Å². The molecule has 0 saturated heterocycles. The molecule has 0 bridgehead atoms. The Morgan fingerprint density at radius 3 is 2.81 bits per heavy atom. The number of nitrogens with one attached hydrogen (secondary N) is 1. The fourth-order valence-corrected chi connectivity index (χ4v) is 3.30. The zero-order chi connectivity index (χ0) is 19.6. The summed E-state index contributed by atoms with van der Waals surface area (Å²) in [7, 11) is 0. The number of carbonyl (C=O) groups excluding carboxylic acids is 2. The standard InChI is InChI=1S/C19H19N3O4S/c1-11(2)17(24)20-14-6-4-5-13(7-14)18(25)26-9-15-8-16(23)22-12(3)10-27-19(22)21-15/h4-8,10-11H,9H2,1-3H3,(H,20,24). The summed E-state index contributed by atoms with van der Waals surface area (Å²) in [5.74, 6) is -0.855. The summed E-state index contributed by atoms with van der Waals surface area (Å²) in [4.78, 5) is 41.1. The number of carbonyl (C=O) groups is 2. The number of esters is 1. The third-order valence-corrected chi connectivity index (χ3v) is 4.81. The van der Waals surface area contributed by atoms with E-state index in [-0.39, 0.29) is 24.0 Å². The average molecular weight is 385 g/mol. The number of thiazole rings is 1. The normalized spacial score (nSPS) is 11.0. The minimum absolute atomic E-state index is 0.107. The van der Waals surface area contributed by atoms with Crippen molar-refractivity contribution in [3.8, 4) is 0 Å². The molecule has 0 unspecified atom stereocenters. The van der Waals surface area contributed by atoms with Gasteiger partial charge in [0.15, 0.2) is 4.96 Å². The number of aryl methyl sites for hydroxylation is 1. The Bertz CT molecular complexity index is 1070. The molecule has 2 aromatic heterocycles. The van der Waals surface area contributed by atoms with Crippen LogP contribution in [0.4, 0.5) is 5.69 Å². The molecule has 140 valence electrons. The van der Waals surface area contributed by atoms with Gasteiger partial charge in [-0.15, -0.1) is 11.3 Å².